The quantitative estimate of drug-likeness (QED) is 0.720. The minimum atomic E-state index is -0.948. The molecule has 0 aliphatic heterocycles. The van der Waals surface area contributed by atoms with Crippen molar-refractivity contribution in [3.63, 3.8) is 0 Å². The fourth-order valence-electron chi connectivity index (χ4n) is 1.01. The SMILES string of the molecule is CC(C)(O)c1cccc(C=CC#N)n1. The Morgan fingerprint density at radius 2 is 2.21 bits per heavy atom. The molecule has 3 nitrogen and oxygen atoms in total. The van der Waals surface area contributed by atoms with Crippen molar-refractivity contribution in [1.82, 2.24) is 4.98 Å². The van der Waals surface area contributed by atoms with E-state index >= 15 is 0 Å². The summed E-state index contributed by atoms with van der Waals surface area (Å²) in [5, 5.41) is 18.0. The zero-order valence-electron chi connectivity index (χ0n) is 8.23. The molecule has 0 saturated carbocycles. The van der Waals surface area contributed by atoms with Gasteiger partial charge in [0.15, 0.2) is 0 Å². The number of pyridine rings is 1. The number of allylic oxidation sites excluding steroid dienone is 1. The van der Waals surface area contributed by atoms with Gasteiger partial charge in [0.05, 0.1) is 17.5 Å². The lowest BCUT2D eigenvalue weighted by Crippen LogP contribution is -2.17. The maximum absolute atomic E-state index is 9.69. The van der Waals surface area contributed by atoms with E-state index in [-0.39, 0.29) is 0 Å². The number of aliphatic hydroxyl groups is 1. The van der Waals surface area contributed by atoms with Crippen LogP contribution in [0.15, 0.2) is 24.3 Å². The van der Waals surface area contributed by atoms with Crippen LogP contribution in [0.25, 0.3) is 6.08 Å². The molecule has 0 aliphatic carbocycles. The van der Waals surface area contributed by atoms with E-state index in [2.05, 4.69) is 4.98 Å². The first-order valence-corrected chi connectivity index (χ1v) is 4.30. The number of nitriles is 1. The topological polar surface area (TPSA) is 56.9 Å². The van der Waals surface area contributed by atoms with Crippen LogP contribution in [0, 0.1) is 11.3 Å². The molecule has 0 spiro atoms. The smallest absolute Gasteiger partial charge is 0.101 e. The molecule has 0 radical (unpaired) electrons. The summed E-state index contributed by atoms with van der Waals surface area (Å²) in [7, 11) is 0. The van der Waals surface area contributed by atoms with Gasteiger partial charge in [-0.2, -0.15) is 5.26 Å². The van der Waals surface area contributed by atoms with Crippen LogP contribution in [-0.2, 0) is 5.60 Å². The summed E-state index contributed by atoms with van der Waals surface area (Å²) in [5.41, 5.74) is 0.319. The lowest BCUT2D eigenvalue weighted by molar-refractivity contribution is 0.0738. The van der Waals surface area contributed by atoms with Gasteiger partial charge in [0.1, 0.15) is 5.60 Å². The molecule has 14 heavy (non-hydrogen) atoms. The molecule has 0 saturated heterocycles. The van der Waals surface area contributed by atoms with Crippen molar-refractivity contribution < 1.29 is 5.11 Å². The molecule has 0 aliphatic rings. The lowest BCUT2D eigenvalue weighted by Gasteiger charge is -2.16. The van der Waals surface area contributed by atoms with Gasteiger partial charge in [-0.05, 0) is 32.1 Å². The molecule has 1 rings (SSSR count). The van der Waals surface area contributed by atoms with E-state index in [0.29, 0.717) is 11.4 Å². The van der Waals surface area contributed by atoms with E-state index < -0.39 is 5.60 Å². The van der Waals surface area contributed by atoms with Gasteiger partial charge in [-0.3, -0.25) is 4.98 Å². The summed E-state index contributed by atoms with van der Waals surface area (Å²) in [6, 6.07) is 7.23. The second kappa shape index (κ2) is 4.03. The minimum Gasteiger partial charge on any atom is -0.384 e. The molecule has 0 aromatic carbocycles. The van der Waals surface area contributed by atoms with Crippen molar-refractivity contribution in [2.24, 2.45) is 0 Å². The molecule has 0 unspecified atom stereocenters. The highest BCUT2D eigenvalue weighted by Gasteiger charge is 2.16. The zero-order valence-corrected chi connectivity index (χ0v) is 8.23. The number of aromatic nitrogens is 1. The van der Waals surface area contributed by atoms with Crippen LogP contribution in [0.2, 0.25) is 0 Å². The van der Waals surface area contributed by atoms with E-state index in [1.807, 2.05) is 6.07 Å². The Hall–Kier alpha value is -1.66. The first-order valence-electron chi connectivity index (χ1n) is 4.30. The fourth-order valence-corrected chi connectivity index (χ4v) is 1.01. The maximum Gasteiger partial charge on any atom is 0.101 e. The maximum atomic E-state index is 9.69. The van der Waals surface area contributed by atoms with E-state index in [4.69, 9.17) is 5.26 Å². The van der Waals surface area contributed by atoms with Gasteiger partial charge in [-0.1, -0.05) is 6.07 Å². The highest BCUT2D eigenvalue weighted by molar-refractivity contribution is 5.47. The van der Waals surface area contributed by atoms with Crippen LogP contribution >= 0.6 is 0 Å². The molecule has 1 N–H and O–H groups in total. The van der Waals surface area contributed by atoms with Crippen molar-refractivity contribution in [3.05, 3.63) is 35.7 Å². The van der Waals surface area contributed by atoms with E-state index in [0.717, 1.165) is 0 Å². The molecular formula is C11H12N2O. The number of rotatable bonds is 2. The molecule has 72 valence electrons. The van der Waals surface area contributed by atoms with Gasteiger partial charge in [0, 0.05) is 6.08 Å². The van der Waals surface area contributed by atoms with Crippen molar-refractivity contribution in [3.8, 4) is 6.07 Å². The van der Waals surface area contributed by atoms with Gasteiger partial charge in [0.2, 0.25) is 0 Å². The zero-order chi connectivity index (χ0) is 10.6. The monoisotopic (exact) mass is 188 g/mol. The fraction of sp³-hybridized carbons (Fsp3) is 0.273. The van der Waals surface area contributed by atoms with Gasteiger partial charge in [0.25, 0.3) is 0 Å². The predicted octanol–water partition coefficient (Wildman–Crippen LogP) is 1.85. The van der Waals surface area contributed by atoms with Crippen LogP contribution in [0.5, 0.6) is 0 Å². The standard InChI is InChI=1S/C11H12N2O/c1-11(2,14)10-7-3-5-9(13-10)6-4-8-12/h3-7,14H,1-2H3. The highest BCUT2D eigenvalue weighted by atomic mass is 16.3. The Balaban J connectivity index is 3.03. The molecule has 0 atom stereocenters. The lowest BCUT2D eigenvalue weighted by atomic mass is 10.0. The average molecular weight is 188 g/mol. The molecule has 1 aromatic rings. The summed E-state index contributed by atoms with van der Waals surface area (Å²) in [5.74, 6) is 0. The third-order valence-electron chi connectivity index (χ3n) is 1.73. The number of hydrogen-bond donors (Lipinski definition) is 1. The Labute approximate surface area is 83.3 Å². The van der Waals surface area contributed by atoms with E-state index in [1.165, 1.54) is 6.08 Å². The summed E-state index contributed by atoms with van der Waals surface area (Å²) < 4.78 is 0. The summed E-state index contributed by atoms with van der Waals surface area (Å²) in [6.45, 7) is 3.35. The second-order valence-electron chi connectivity index (χ2n) is 3.47. The molecule has 3 heteroatoms. The van der Waals surface area contributed by atoms with Crippen LogP contribution in [-0.4, -0.2) is 10.1 Å². The van der Waals surface area contributed by atoms with Gasteiger partial charge in [-0.25, -0.2) is 0 Å². The van der Waals surface area contributed by atoms with Crippen LogP contribution in [0.4, 0.5) is 0 Å². The Morgan fingerprint density at radius 1 is 1.50 bits per heavy atom. The van der Waals surface area contributed by atoms with Gasteiger partial charge >= 0.3 is 0 Å². The molecule has 1 aromatic heterocycles. The number of hydrogen-bond acceptors (Lipinski definition) is 3. The van der Waals surface area contributed by atoms with Gasteiger partial charge in [-0.15, -0.1) is 0 Å². The highest BCUT2D eigenvalue weighted by Crippen LogP contribution is 2.17. The Bertz CT molecular complexity index is 383. The third-order valence-corrected chi connectivity index (χ3v) is 1.73. The van der Waals surface area contributed by atoms with Crippen molar-refractivity contribution in [2.75, 3.05) is 0 Å². The van der Waals surface area contributed by atoms with Gasteiger partial charge < -0.3 is 5.11 Å². The Kier molecular flexibility index (Phi) is 3.00. The minimum absolute atomic E-state index is 0.595. The van der Waals surface area contributed by atoms with Crippen LogP contribution in [0.1, 0.15) is 25.2 Å². The largest absolute Gasteiger partial charge is 0.384 e. The van der Waals surface area contributed by atoms with Crippen LogP contribution < -0.4 is 0 Å². The van der Waals surface area contributed by atoms with Crippen molar-refractivity contribution >= 4 is 6.08 Å². The number of nitrogens with zero attached hydrogens (tertiary/aromatic N) is 2. The van der Waals surface area contributed by atoms with Crippen molar-refractivity contribution in [1.29, 1.82) is 5.26 Å². The molecule has 0 fully saturated rings. The third kappa shape index (κ3) is 2.68. The normalized spacial score (nSPS) is 11.6. The second-order valence-corrected chi connectivity index (χ2v) is 3.47. The van der Waals surface area contributed by atoms with Crippen molar-refractivity contribution in [2.45, 2.75) is 19.4 Å². The molecular weight excluding hydrogens is 176 g/mol. The van der Waals surface area contributed by atoms with E-state index in [1.54, 1.807) is 38.1 Å². The molecule has 1 heterocycles. The first-order chi connectivity index (χ1) is 6.54. The predicted molar refractivity (Wildman–Crippen MR) is 54.1 cm³/mol. The van der Waals surface area contributed by atoms with Crippen LogP contribution in [0.3, 0.4) is 0 Å². The molecule has 0 bridgehead atoms. The van der Waals surface area contributed by atoms with E-state index in [9.17, 15) is 5.11 Å². The molecule has 0 amide bonds. The Morgan fingerprint density at radius 3 is 2.79 bits per heavy atom. The first kappa shape index (κ1) is 10.4. The summed E-state index contributed by atoms with van der Waals surface area (Å²) >= 11 is 0. The summed E-state index contributed by atoms with van der Waals surface area (Å²) in [4.78, 5) is 4.19. The summed E-state index contributed by atoms with van der Waals surface area (Å²) in [6.07, 6.45) is 2.96. The average Bonchev–Trinajstić information content (AvgIpc) is 2.14.